The van der Waals surface area contributed by atoms with Gasteiger partial charge in [-0.2, -0.15) is 0 Å². The Bertz CT molecular complexity index is 289. The maximum absolute atomic E-state index is 5.45. The summed E-state index contributed by atoms with van der Waals surface area (Å²) < 4.78 is 5.45. The van der Waals surface area contributed by atoms with Gasteiger partial charge in [-0.15, -0.1) is 0 Å². The predicted molar refractivity (Wildman–Crippen MR) is 51.3 cm³/mol. The van der Waals surface area contributed by atoms with E-state index < -0.39 is 0 Å². The smallest absolute Gasteiger partial charge is 0.104 e. The molecule has 3 nitrogen and oxygen atoms in total. The first-order valence-electron chi connectivity index (χ1n) is 4.36. The molecule has 0 amide bonds. The monoisotopic (exact) mass is 183 g/mol. The van der Waals surface area contributed by atoms with Crippen LogP contribution in [0.5, 0.6) is 0 Å². The van der Waals surface area contributed by atoms with Gasteiger partial charge in [0.05, 0.1) is 6.61 Å². The molecule has 0 aliphatic rings. The van der Waals surface area contributed by atoms with Gasteiger partial charge in [-0.25, -0.2) is 5.90 Å². The third-order valence-electron chi connectivity index (χ3n) is 2.21. The van der Waals surface area contributed by atoms with Crippen LogP contribution in [0.25, 0.3) is 0 Å². The van der Waals surface area contributed by atoms with Gasteiger partial charge in [0.25, 0.3) is 0 Å². The second-order valence-electron chi connectivity index (χ2n) is 4.02. The van der Waals surface area contributed by atoms with Gasteiger partial charge in [-0.3, -0.25) is 0 Å². The lowest BCUT2D eigenvalue weighted by atomic mass is 9.86. The molecule has 1 aromatic heterocycles. The molecule has 1 heterocycles. The van der Waals surface area contributed by atoms with Crippen molar-refractivity contribution in [2.24, 2.45) is 5.90 Å². The van der Waals surface area contributed by atoms with Crippen molar-refractivity contribution in [2.75, 3.05) is 6.61 Å². The van der Waals surface area contributed by atoms with Crippen LogP contribution in [-0.2, 0) is 10.3 Å². The van der Waals surface area contributed by atoms with Gasteiger partial charge in [0.1, 0.15) is 11.5 Å². The zero-order valence-corrected chi connectivity index (χ0v) is 8.68. The molecule has 3 heteroatoms. The van der Waals surface area contributed by atoms with Gasteiger partial charge in [-0.05, 0) is 19.9 Å². The Labute approximate surface area is 78.8 Å². The van der Waals surface area contributed by atoms with E-state index in [4.69, 9.17) is 10.3 Å². The molecule has 0 saturated carbocycles. The zero-order valence-electron chi connectivity index (χ0n) is 8.68. The van der Waals surface area contributed by atoms with E-state index in [2.05, 4.69) is 18.7 Å². The quantitative estimate of drug-likeness (QED) is 0.730. The molecule has 1 rings (SSSR count). The Morgan fingerprint density at radius 2 is 2.08 bits per heavy atom. The summed E-state index contributed by atoms with van der Waals surface area (Å²) in [6.07, 6.45) is 0. The van der Waals surface area contributed by atoms with Crippen molar-refractivity contribution >= 4 is 0 Å². The standard InChI is InChI=1S/C10H17NO2/c1-7-5-9(8(2)13-7)10(3,4)6-12-11/h5H,6,11H2,1-4H3. The molecule has 0 unspecified atom stereocenters. The molecule has 0 fully saturated rings. The molecule has 0 bridgehead atoms. The summed E-state index contributed by atoms with van der Waals surface area (Å²) in [4.78, 5) is 4.68. The van der Waals surface area contributed by atoms with Crippen LogP contribution < -0.4 is 5.90 Å². The van der Waals surface area contributed by atoms with Gasteiger partial charge in [-0.1, -0.05) is 13.8 Å². The third kappa shape index (κ3) is 2.11. The summed E-state index contributed by atoms with van der Waals surface area (Å²) in [6.45, 7) is 8.55. The normalized spacial score (nSPS) is 12.1. The summed E-state index contributed by atoms with van der Waals surface area (Å²) in [5, 5.41) is 0. The van der Waals surface area contributed by atoms with Gasteiger partial charge >= 0.3 is 0 Å². The van der Waals surface area contributed by atoms with E-state index >= 15 is 0 Å². The van der Waals surface area contributed by atoms with E-state index in [0.717, 1.165) is 17.1 Å². The van der Waals surface area contributed by atoms with Crippen LogP contribution in [-0.4, -0.2) is 6.61 Å². The Hall–Kier alpha value is -0.800. The van der Waals surface area contributed by atoms with E-state index in [1.807, 2.05) is 19.9 Å². The fourth-order valence-electron chi connectivity index (χ4n) is 1.59. The molecule has 0 radical (unpaired) electrons. The van der Waals surface area contributed by atoms with Crippen molar-refractivity contribution in [3.8, 4) is 0 Å². The number of rotatable bonds is 3. The van der Waals surface area contributed by atoms with Crippen molar-refractivity contribution < 1.29 is 9.25 Å². The number of furan rings is 1. The lowest BCUT2D eigenvalue weighted by Gasteiger charge is -2.22. The summed E-state index contributed by atoms with van der Waals surface area (Å²) in [5.41, 5.74) is 1.08. The van der Waals surface area contributed by atoms with E-state index in [0.29, 0.717) is 6.61 Å². The summed E-state index contributed by atoms with van der Waals surface area (Å²) in [7, 11) is 0. The highest BCUT2D eigenvalue weighted by Gasteiger charge is 2.25. The van der Waals surface area contributed by atoms with Crippen LogP contribution in [0.4, 0.5) is 0 Å². The molecule has 2 N–H and O–H groups in total. The number of hydrogen-bond acceptors (Lipinski definition) is 3. The molecule has 0 aromatic carbocycles. The second kappa shape index (κ2) is 3.52. The molecule has 74 valence electrons. The lowest BCUT2D eigenvalue weighted by molar-refractivity contribution is 0.0959. The minimum atomic E-state index is -0.0867. The average molecular weight is 183 g/mol. The van der Waals surface area contributed by atoms with Gasteiger partial charge < -0.3 is 9.25 Å². The zero-order chi connectivity index (χ0) is 10.1. The predicted octanol–water partition coefficient (Wildman–Crippen LogP) is 2.06. The SMILES string of the molecule is Cc1cc(C(C)(C)CON)c(C)o1. The number of nitrogens with two attached hydrogens (primary N) is 1. The first-order chi connectivity index (χ1) is 5.97. The number of hydrogen-bond donors (Lipinski definition) is 1. The van der Waals surface area contributed by atoms with Gasteiger partial charge in [0.15, 0.2) is 0 Å². The van der Waals surface area contributed by atoms with Crippen LogP contribution in [0.1, 0.15) is 30.9 Å². The number of aryl methyl sites for hydroxylation is 2. The highest BCUT2D eigenvalue weighted by Crippen LogP contribution is 2.28. The lowest BCUT2D eigenvalue weighted by Crippen LogP contribution is -2.26. The Balaban J connectivity index is 2.98. The van der Waals surface area contributed by atoms with Crippen LogP contribution >= 0.6 is 0 Å². The van der Waals surface area contributed by atoms with E-state index in [1.54, 1.807) is 0 Å². The summed E-state index contributed by atoms with van der Waals surface area (Å²) in [6, 6.07) is 2.04. The molecular formula is C10H17NO2. The molecule has 0 saturated heterocycles. The van der Waals surface area contributed by atoms with Crippen LogP contribution in [0, 0.1) is 13.8 Å². The molecule has 0 aliphatic carbocycles. The first kappa shape index (κ1) is 10.3. The van der Waals surface area contributed by atoms with Crippen LogP contribution in [0.15, 0.2) is 10.5 Å². The highest BCUT2D eigenvalue weighted by molar-refractivity contribution is 5.28. The van der Waals surface area contributed by atoms with E-state index in [-0.39, 0.29) is 5.41 Å². The minimum absolute atomic E-state index is 0.0867. The van der Waals surface area contributed by atoms with E-state index in [1.165, 1.54) is 0 Å². The first-order valence-corrected chi connectivity index (χ1v) is 4.36. The Morgan fingerprint density at radius 1 is 1.46 bits per heavy atom. The maximum atomic E-state index is 5.45. The molecule has 0 aliphatic heterocycles. The maximum Gasteiger partial charge on any atom is 0.104 e. The topological polar surface area (TPSA) is 48.4 Å². The fraction of sp³-hybridized carbons (Fsp3) is 0.600. The fourth-order valence-corrected chi connectivity index (χ4v) is 1.59. The van der Waals surface area contributed by atoms with Crippen molar-refractivity contribution in [1.82, 2.24) is 0 Å². The molecule has 0 spiro atoms. The molecular weight excluding hydrogens is 166 g/mol. The van der Waals surface area contributed by atoms with Crippen LogP contribution in [0.3, 0.4) is 0 Å². The van der Waals surface area contributed by atoms with Gasteiger partial charge in [0.2, 0.25) is 0 Å². The third-order valence-corrected chi connectivity index (χ3v) is 2.21. The second-order valence-corrected chi connectivity index (χ2v) is 4.02. The Morgan fingerprint density at radius 3 is 2.46 bits per heavy atom. The molecule has 0 atom stereocenters. The van der Waals surface area contributed by atoms with Crippen molar-refractivity contribution in [2.45, 2.75) is 33.1 Å². The largest absolute Gasteiger partial charge is 0.466 e. The Kier molecular flexibility index (Phi) is 2.78. The van der Waals surface area contributed by atoms with Gasteiger partial charge in [0, 0.05) is 11.0 Å². The van der Waals surface area contributed by atoms with Crippen molar-refractivity contribution in [3.05, 3.63) is 23.2 Å². The minimum Gasteiger partial charge on any atom is -0.466 e. The molecule has 1 aromatic rings. The summed E-state index contributed by atoms with van der Waals surface area (Å²) >= 11 is 0. The van der Waals surface area contributed by atoms with E-state index in [9.17, 15) is 0 Å². The van der Waals surface area contributed by atoms with Crippen molar-refractivity contribution in [1.29, 1.82) is 0 Å². The molecule has 13 heavy (non-hydrogen) atoms. The average Bonchev–Trinajstić information content (AvgIpc) is 2.30. The summed E-state index contributed by atoms with van der Waals surface area (Å²) in [5.74, 6) is 6.95. The highest BCUT2D eigenvalue weighted by atomic mass is 16.6. The van der Waals surface area contributed by atoms with Crippen molar-refractivity contribution in [3.63, 3.8) is 0 Å². The van der Waals surface area contributed by atoms with Crippen LogP contribution in [0.2, 0.25) is 0 Å².